The molecule has 0 unspecified atom stereocenters. The number of aromatic amines is 1. The number of rotatable bonds is 2. The molecule has 2 heterocycles. The van der Waals surface area contributed by atoms with Gasteiger partial charge in [-0.15, -0.1) is 0 Å². The first-order valence-corrected chi connectivity index (χ1v) is 4.18. The Morgan fingerprint density at radius 1 is 1.62 bits per heavy atom. The molecule has 0 spiro atoms. The lowest BCUT2D eigenvalue weighted by molar-refractivity contribution is 1.09. The second-order valence-corrected chi connectivity index (χ2v) is 3.17. The van der Waals surface area contributed by atoms with Gasteiger partial charge in [0, 0.05) is 30.1 Å². The number of aromatic nitrogens is 2. The molecule has 0 radical (unpaired) electrons. The molecule has 0 bridgehead atoms. The van der Waals surface area contributed by atoms with Crippen LogP contribution in [0.3, 0.4) is 0 Å². The summed E-state index contributed by atoms with van der Waals surface area (Å²) in [5, 5.41) is 6.68. The van der Waals surface area contributed by atoms with Crippen molar-refractivity contribution < 1.29 is 0 Å². The van der Waals surface area contributed by atoms with Crippen molar-refractivity contribution >= 4 is 11.3 Å². The molecule has 1 aromatic heterocycles. The zero-order valence-corrected chi connectivity index (χ0v) is 7.54. The summed E-state index contributed by atoms with van der Waals surface area (Å²) >= 11 is 0. The molecule has 0 aromatic carbocycles. The van der Waals surface area contributed by atoms with E-state index in [1.54, 1.807) is 0 Å². The van der Waals surface area contributed by atoms with Crippen LogP contribution in [-0.4, -0.2) is 15.9 Å². The first kappa shape index (κ1) is 7.98. The van der Waals surface area contributed by atoms with Gasteiger partial charge in [-0.3, -0.25) is 10.1 Å². The summed E-state index contributed by atoms with van der Waals surface area (Å²) in [5.74, 6) is 0. The monoisotopic (exact) mass is 173 g/mol. The van der Waals surface area contributed by atoms with Gasteiger partial charge in [-0.05, 0) is 18.1 Å². The first-order chi connectivity index (χ1) is 6.27. The van der Waals surface area contributed by atoms with E-state index in [1.165, 1.54) is 5.57 Å². The Kier molecular flexibility index (Phi) is 1.85. The van der Waals surface area contributed by atoms with Gasteiger partial charge < -0.3 is 0 Å². The normalized spacial score (nSPS) is 15.5. The standard InChI is InChI=1S/C10H11N3/c1-7(2)10-3-8(4-11-10)9-5-12-13-6-9/h4-6H,1,3H2,2H3,(H,12,13). The van der Waals surface area contributed by atoms with Crippen LogP contribution in [0.15, 0.2) is 35.7 Å². The Bertz CT molecular complexity index is 382. The van der Waals surface area contributed by atoms with Crippen LogP contribution < -0.4 is 0 Å². The molecule has 0 amide bonds. The van der Waals surface area contributed by atoms with E-state index in [-0.39, 0.29) is 0 Å². The number of aliphatic imine (C=N–C) groups is 1. The lowest BCUT2D eigenvalue weighted by atomic mass is 10.0. The van der Waals surface area contributed by atoms with Gasteiger partial charge >= 0.3 is 0 Å². The third-order valence-corrected chi connectivity index (χ3v) is 2.10. The van der Waals surface area contributed by atoms with Gasteiger partial charge in [0.25, 0.3) is 0 Å². The van der Waals surface area contributed by atoms with Crippen molar-refractivity contribution in [2.45, 2.75) is 13.3 Å². The second-order valence-electron chi connectivity index (χ2n) is 3.17. The van der Waals surface area contributed by atoms with Crippen LogP contribution in [0.4, 0.5) is 0 Å². The average Bonchev–Trinajstić information content (AvgIpc) is 2.75. The van der Waals surface area contributed by atoms with Crippen LogP contribution in [0.2, 0.25) is 0 Å². The summed E-state index contributed by atoms with van der Waals surface area (Å²) in [7, 11) is 0. The van der Waals surface area contributed by atoms with Gasteiger partial charge in [0.1, 0.15) is 0 Å². The zero-order chi connectivity index (χ0) is 9.26. The minimum atomic E-state index is 0.870. The summed E-state index contributed by atoms with van der Waals surface area (Å²) in [4.78, 5) is 4.29. The largest absolute Gasteiger partial charge is 0.285 e. The highest BCUT2D eigenvalue weighted by Gasteiger charge is 2.12. The van der Waals surface area contributed by atoms with Gasteiger partial charge in [0.2, 0.25) is 0 Å². The minimum Gasteiger partial charge on any atom is -0.285 e. The van der Waals surface area contributed by atoms with E-state index in [9.17, 15) is 0 Å². The number of hydrogen-bond donors (Lipinski definition) is 1. The molecular weight excluding hydrogens is 162 g/mol. The number of H-pyrrole nitrogens is 1. The molecule has 0 saturated heterocycles. The molecule has 0 saturated carbocycles. The predicted molar refractivity (Wildman–Crippen MR) is 53.4 cm³/mol. The van der Waals surface area contributed by atoms with Crippen LogP contribution in [0.5, 0.6) is 0 Å². The van der Waals surface area contributed by atoms with Crippen LogP contribution >= 0.6 is 0 Å². The summed E-state index contributed by atoms with van der Waals surface area (Å²) in [6, 6.07) is 0. The molecule has 1 aliphatic heterocycles. The van der Waals surface area contributed by atoms with E-state index >= 15 is 0 Å². The van der Waals surface area contributed by atoms with Crippen LogP contribution in [-0.2, 0) is 0 Å². The maximum Gasteiger partial charge on any atom is 0.0563 e. The van der Waals surface area contributed by atoms with Gasteiger partial charge in [-0.25, -0.2) is 0 Å². The van der Waals surface area contributed by atoms with Crippen molar-refractivity contribution in [3.63, 3.8) is 0 Å². The van der Waals surface area contributed by atoms with E-state index in [2.05, 4.69) is 21.8 Å². The Morgan fingerprint density at radius 3 is 3.00 bits per heavy atom. The predicted octanol–water partition coefficient (Wildman–Crippen LogP) is 2.17. The quantitative estimate of drug-likeness (QED) is 0.731. The first-order valence-electron chi connectivity index (χ1n) is 4.18. The second kappa shape index (κ2) is 3.01. The van der Waals surface area contributed by atoms with Gasteiger partial charge in [-0.2, -0.15) is 5.10 Å². The number of nitrogens with one attached hydrogen (secondary N) is 1. The Morgan fingerprint density at radius 2 is 2.46 bits per heavy atom. The Labute approximate surface area is 76.9 Å². The van der Waals surface area contributed by atoms with Gasteiger partial charge in [-0.1, -0.05) is 6.58 Å². The van der Waals surface area contributed by atoms with E-state index in [0.717, 1.165) is 23.3 Å². The molecule has 1 aliphatic rings. The van der Waals surface area contributed by atoms with E-state index in [4.69, 9.17) is 0 Å². The number of allylic oxidation sites excluding steroid dienone is 2. The van der Waals surface area contributed by atoms with Gasteiger partial charge in [0.15, 0.2) is 0 Å². The van der Waals surface area contributed by atoms with Crippen LogP contribution in [0, 0.1) is 0 Å². The lowest BCUT2D eigenvalue weighted by Gasteiger charge is -1.98. The smallest absolute Gasteiger partial charge is 0.0563 e. The van der Waals surface area contributed by atoms with E-state index in [1.807, 2.05) is 25.5 Å². The maximum atomic E-state index is 4.29. The molecule has 0 fully saturated rings. The van der Waals surface area contributed by atoms with E-state index < -0.39 is 0 Å². The molecule has 0 atom stereocenters. The van der Waals surface area contributed by atoms with Crippen molar-refractivity contribution in [3.8, 4) is 0 Å². The van der Waals surface area contributed by atoms with Crippen LogP contribution in [0.25, 0.3) is 5.57 Å². The SMILES string of the molecule is C=C(C)C1=NC=C(c2cn[nH]c2)C1. The molecule has 66 valence electrons. The summed E-state index contributed by atoms with van der Waals surface area (Å²) in [6.45, 7) is 5.84. The van der Waals surface area contributed by atoms with Crippen molar-refractivity contribution in [1.82, 2.24) is 10.2 Å². The highest BCUT2D eigenvalue weighted by molar-refractivity contribution is 6.07. The molecule has 3 nitrogen and oxygen atoms in total. The zero-order valence-electron chi connectivity index (χ0n) is 7.54. The molecule has 13 heavy (non-hydrogen) atoms. The fourth-order valence-corrected chi connectivity index (χ4v) is 1.29. The highest BCUT2D eigenvalue weighted by atomic mass is 15.1. The van der Waals surface area contributed by atoms with Crippen LogP contribution in [0.1, 0.15) is 18.9 Å². The van der Waals surface area contributed by atoms with Crippen molar-refractivity contribution in [2.24, 2.45) is 4.99 Å². The molecule has 1 aromatic rings. The topological polar surface area (TPSA) is 41.0 Å². The molecular formula is C10H11N3. The van der Waals surface area contributed by atoms with E-state index in [0.29, 0.717) is 0 Å². The average molecular weight is 173 g/mol. The molecule has 0 aliphatic carbocycles. The number of hydrogen-bond acceptors (Lipinski definition) is 2. The lowest BCUT2D eigenvalue weighted by Crippen LogP contribution is -1.94. The highest BCUT2D eigenvalue weighted by Crippen LogP contribution is 2.24. The van der Waals surface area contributed by atoms with Crippen molar-refractivity contribution in [1.29, 1.82) is 0 Å². The molecule has 1 N–H and O–H groups in total. The minimum absolute atomic E-state index is 0.870. The van der Waals surface area contributed by atoms with Gasteiger partial charge in [0.05, 0.1) is 6.20 Å². The Hall–Kier alpha value is -1.64. The Balaban J connectivity index is 2.15. The fraction of sp³-hybridized carbons (Fsp3) is 0.200. The summed E-state index contributed by atoms with van der Waals surface area (Å²) in [5.41, 5.74) is 4.41. The fourth-order valence-electron chi connectivity index (χ4n) is 1.29. The van der Waals surface area contributed by atoms with Crippen molar-refractivity contribution in [3.05, 3.63) is 36.3 Å². The summed E-state index contributed by atoms with van der Waals surface area (Å²) < 4.78 is 0. The maximum absolute atomic E-state index is 4.29. The summed E-state index contributed by atoms with van der Waals surface area (Å²) in [6.07, 6.45) is 6.44. The molecule has 3 heteroatoms. The third kappa shape index (κ3) is 1.45. The number of nitrogens with zero attached hydrogens (tertiary/aromatic N) is 2. The van der Waals surface area contributed by atoms with Crippen molar-refractivity contribution in [2.75, 3.05) is 0 Å². The molecule has 2 rings (SSSR count). The third-order valence-electron chi connectivity index (χ3n) is 2.10.